The van der Waals surface area contributed by atoms with E-state index in [1.165, 1.54) is 18.2 Å². The Hall–Kier alpha value is -2.51. The van der Waals surface area contributed by atoms with E-state index < -0.39 is 0 Å². The van der Waals surface area contributed by atoms with Crippen LogP contribution in [0.1, 0.15) is 11.1 Å². The second kappa shape index (κ2) is 3.76. The standard InChI is InChI=1S/C9H4N4/c10-4-7-1-2-8(5-11)9(3-7)13-6-12/h1-3,13H. The van der Waals surface area contributed by atoms with Gasteiger partial charge in [-0.15, -0.1) is 0 Å². The van der Waals surface area contributed by atoms with Crippen molar-refractivity contribution in [2.75, 3.05) is 5.32 Å². The zero-order valence-electron chi connectivity index (χ0n) is 6.57. The third kappa shape index (κ3) is 1.74. The Labute approximate surface area is 75.3 Å². The Balaban J connectivity index is 3.23. The highest BCUT2D eigenvalue weighted by molar-refractivity contribution is 5.62. The molecule has 60 valence electrons. The molecule has 0 fully saturated rings. The van der Waals surface area contributed by atoms with E-state index in [0.717, 1.165) is 0 Å². The molecule has 0 unspecified atom stereocenters. The number of nitrogens with zero attached hydrogens (tertiary/aromatic N) is 3. The Kier molecular flexibility index (Phi) is 2.48. The summed E-state index contributed by atoms with van der Waals surface area (Å²) in [5.41, 5.74) is 1.13. The maximum atomic E-state index is 8.63. The first kappa shape index (κ1) is 8.59. The van der Waals surface area contributed by atoms with E-state index in [2.05, 4.69) is 5.32 Å². The fraction of sp³-hybridized carbons (Fsp3) is 0. The zero-order chi connectivity index (χ0) is 9.68. The number of nitrogens with one attached hydrogen (secondary N) is 1. The Morgan fingerprint density at radius 1 is 1.08 bits per heavy atom. The molecule has 0 radical (unpaired) electrons. The predicted molar refractivity (Wildman–Crippen MR) is 45.1 cm³/mol. The Bertz CT molecular complexity index is 442. The average molecular weight is 168 g/mol. The predicted octanol–water partition coefficient (Wildman–Crippen LogP) is 1.32. The van der Waals surface area contributed by atoms with Crippen LogP contribution in [0.5, 0.6) is 0 Å². The molecule has 0 saturated carbocycles. The van der Waals surface area contributed by atoms with Crippen LogP contribution in [0, 0.1) is 34.1 Å². The highest BCUT2D eigenvalue weighted by Gasteiger charge is 2.01. The fourth-order valence-corrected chi connectivity index (χ4v) is 0.875. The van der Waals surface area contributed by atoms with E-state index >= 15 is 0 Å². The van der Waals surface area contributed by atoms with Crippen molar-refractivity contribution < 1.29 is 0 Å². The highest BCUT2D eigenvalue weighted by atomic mass is 14.9. The molecule has 1 aromatic rings. The lowest BCUT2D eigenvalue weighted by molar-refractivity contribution is 1.42. The van der Waals surface area contributed by atoms with Gasteiger partial charge in [0, 0.05) is 0 Å². The fourth-order valence-electron chi connectivity index (χ4n) is 0.875. The molecule has 1 aromatic carbocycles. The lowest BCUT2D eigenvalue weighted by Gasteiger charge is -1.99. The molecule has 4 nitrogen and oxygen atoms in total. The molecule has 0 amide bonds. The van der Waals surface area contributed by atoms with Crippen LogP contribution >= 0.6 is 0 Å². The van der Waals surface area contributed by atoms with Gasteiger partial charge in [0.25, 0.3) is 0 Å². The SMILES string of the molecule is N#CNc1cc(C#N)ccc1C#N. The van der Waals surface area contributed by atoms with Gasteiger partial charge in [-0.05, 0) is 18.2 Å². The molecule has 0 heterocycles. The van der Waals surface area contributed by atoms with Crippen LogP contribution in [0.15, 0.2) is 18.2 Å². The summed E-state index contributed by atoms with van der Waals surface area (Å²) in [6.07, 6.45) is 1.70. The van der Waals surface area contributed by atoms with E-state index in [1.807, 2.05) is 12.1 Å². The molecule has 0 aliphatic carbocycles. The number of rotatable bonds is 1. The van der Waals surface area contributed by atoms with E-state index in [1.54, 1.807) is 6.19 Å². The summed E-state index contributed by atoms with van der Waals surface area (Å²) in [5, 5.41) is 27.9. The summed E-state index contributed by atoms with van der Waals surface area (Å²) in [7, 11) is 0. The van der Waals surface area contributed by atoms with Gasteiger partial charge in [0.1, 0.15) is 6.07 Å². The molecule has 0 bridgehead atoms. The van der Waals surface area contributed by atoms with Crippen LogP contribution in [0.2, 0.25) is 0 Å². The summed E-state index contributed by atoms with van der Waals surface area (Å²) in [6, 6.07) is 8.31. The van der Waals surface area contributed by atoms with Gasteiger partial charge >= 0.3 is 0 Å². The maximum Gasteiger partial charge on any atom is 0.181 e. The molecule has 4 heteroatoms. The summed E-state index contributed by atoms with van der Waals surface area (Å²) < 4.78 is 0. The van der Waals surface area contributed by atoms with Crippen LogP contribution in [-0.4, -0.2) is 0 Å². The Morgan fingerprint density at radius 3 is 2.38 bits per heavy atom. The number of benzene rings is 1. The second-order valence-electron chi connectivity index (χ2n) is 2.22. The molecule has 1 rings (SSSR count). The maximum absolute atomic E-state index is 8.63. The summed E-state index contributed by atoms with van der Waals surface area (Å²) in [6.45, 7) is 0. The van der Waals surface area contributed by atoms with Crippen molar-refractivity contribution in [3.8, 4) is 18.3 Å². The molecule has 0 atom stereocenters. The van der Waals surface area contributed by atoms with Crippen LogP contribution < -0.4 is 5.32 Å². The molecule has 0 aliphatic heterocycles. The van der Waals surface area contributed by atoms with Crippen LogP contribution in [0.4, 0.5) is 5.69 Å². The summed E-state index contributed by atoms with van der Waals surface area (Å²) in [4.78, 5) is 0. The lowest BCUT2D eigenvalue weighted by Crippen LogP contribution is -1.92. The van der Waals surface area contributed by atoms with E-state index in [9.17, 15) is 0 Å². The minimum Gasteiger partial charge on any atom is -0.291 e. The number of nitriles is 3. The number of anilines is 1. The van der Waals surface area contributed by atoms with Gasteiger partial charge in [0.2, 0.25) is 0 Å². The first-order valence-corrected chi connectivity index (χ1v) is 3.41. The monoisotopic (exact) mass is 168 g/mol. The third-order valence-electron chi connectivity index (χ3n) is 1.46. The average Bonchev–Trinajstić information content (AvgIpc) is 2.18. The first-order chi connectivity index (χ1) is 6.31. The van der Waals surface area contributed by atoms with E-state index in [4.69, 9.17) is 15.8 Å². The van der Waals surface area contributed by atoms with Crippen molar-refractivity contribution in [3.05, 3.63) is 29.3 Å². The zero-order valence-corrected chi connectivity index (χ0v) is 6.57. The topological polar surface area (TPSA) is 83.4 Å². The molecule has 0 spiro atoms. The quantitative estimate of drug-likeness (QED) is 0.506. The van der Waals surface area contributed by atoms with Crippen molar-refractivity contribution in [3.63, 3.8) is 0 Å². The molecule has 13 heavy (non-hydrogen) atoms. The van der Waals surface area contributed by atoms with Crippen LogP contribution in [0.3, 0.4) is 0 Å². The Morgan fingerprint density at radius 2 is 1.85 bits per heavy atom. The first-order valence-electron chi connectivity index (χ1n) is 3.41. The summed E-state index contributed by atoms with van der Waals surface area (Å²) in [5.74, 6) is 0. The molecular formula is C9H4N4. The van der Waals surface area contributed by atoms with Crippen molar-refractivity contribution >= 4 is 5.69 Å². The molecule has 0 aromatic heterocycles. The molecule has 1 N–H and O–H groups in total. The number of hydrogen-bond acceptors (Lipinski definition) is 4. The lowest BCUT2D eigenvalue weighted by atomic mass is 10.1. The van der Waals surface area contributed by atoms with Gasteiger partial charge in [0.05, 0.1) is 22.9 Å². The van der Waals surface area contributed by atoms with E-state index in [0.29, 0.717) is 16.8 Å². The highest BCUT2D eigenvalue weighted by Crippen LogP contribution is 2.15. The smallest absolute Gasteiger partial charge is 0.181 e. The molecule has 0 aliphatic rings. The van der Waals surface area contributed by atoms with Crippen LogP contribution in [-0.2, 0) is 0 Å². The van der Waals surface area contributed by atoms with Gasteiger partial charge in [-0.2, -0.15) is 15.8 Å². The second-order valence-corrected chi connectivity index (χ2v) is 2.22. The van der Waals surface area contributed by atoms with Gasteiger partial charge in [-0.25, -0.2) is 0 Å². The summed E-state index contributed by atoms with van der Waals surface area (Å²) >= 11 is 0. The van der Waals surface area contributed by atoms with Gasteiger partial charge in [-0.1, -0.05) is 0 Å². The van der Waals surface area contributed by atoms with Crippen molar-refractivity contribution in [2.24, 2.45) is 0 Å². The third-order valence-corrected chi connectivity index (χ3v) is 1.46. The van der Waals surface area contributed by atoms with Crippen molar-refractivity contribution in [1.82, 2.24) is 0 Å². The van der Waals surface area contributed by atoms with Crippen LogP contribution in [0.25, 0.3) is 0 Å². The van der Waals surface area contributed by atoms with Gasteiger partial charge in [0.15, 0.2) is 6.19 Å². The van der Waals surface area contributed by atoms with E-state index in [-0.39, 0.29) is 0 Å². The number of hydrogen-bond donors (Lipinski definition) is 1. The molecular weight excluding hydrogens is 164 g/mol. The minimum atomic E-state index is 0.348. The molecule has 0 saturated heterocycles. The largest absolute Gasteiger partial charge is 0.291 e. The van der Waals surface area contributed by atoms with Crippen molar-refractivity contribution in [2.45, 2.75) is 0 Å². The minimum absolute atomic E-state index is 0.348. The van der Waals surface area contributed by atoms with Crippen molar-refractivity contribution in [1.29, 1.82) is 15.8 Å². The van der Waals surface area contributed by atoms with Gasteiger partial charge < -0.3 is 0 Å². The normalized spacial score (nSPS) is 7.77. The van der Waals surface area contributed by atoms with Gasteiger partial charge in [-0.3, -0.25) is 5.32 Å².